The van der Waals surface area contributed by atoms with E-state index in [0.29, 0.717) is 11.3 Å². The average molecular weight is 230 g/mol. The van der Waals surface area contributed by atoms with Gasteiger partial charge >= 0.3 is 0 Å². The molecule has 1 atom stereocenters. The lowest BCUT2D eigenvalue weighted by atomic mass is 10.1. The highest BCUT2D eigenvalue weighted by Crippen LogP contribution is 2.27. The van der Waals surface area contributed by atoms with Crippen LogP contribution in [0.1, 0.15) is 18.5 Å². The lowest BCUT2D eigenvalue weighted by Gasteiger charge is -2.20. The molecule has 0 saturated heterocycles. The molecule has 16 heavy (non-hydrogen) atoms. The molecule has 0 fully saturated rings. The number of alkyl halides is 2. The van der Waals surface area contributed by atoms with E-state index in [1.54, 1.807) is 26.1 Å². The number of halogens is 2. The largest absolute Gasteiger partial charge is 0.508 e. The first kappa shape index (κ1) is 12.7. The summed E-state index contributed by atoms with van der Waals surface area (Å²) in [4.78, 5) is 1.38. The van der Waals surface area contributed by atoms with Crippen molar-refractivity contribution in [2.45, 2.75) is 19.4 Å². The van der Waals surface area contributed by atoms with Crippen LogP contribution in [-0.4, -0.2) is 25.1 Å². The number of phenolic OH excluding ortho intramolecular Hbond substituents is 1. The van der Waals surface area contributed by atoms with Crippen LogP contribution in [0.5, 0.6) is 5.75 Å². The minimum absolute atomic E-state index is 0.0358. The zero-order chi connectivity index (χ0) is 12.3. The first-order valence-corrected chi connectivity index (χ1v) is 4.99. The van der Waals surface area contributed by atoms with Crippen LogP contribution < -0.4 is 10.6 Å². The van der Waals surface area contributed by atoms with Crippen molar-refractivity contribution in [1.82, 2.24) is 0 Å². The van der Waals surface area contributed by atoms with Crippen molar-refractivity contribution >= 4 is 5.69 Å². The van der Waals surface area contributed by atoms with Crippen molar-refractivity contribution in [1.29, 1.82) is 0 Å². The van der Waals surface area contributed by atoms with Crippen LogP contribution in [0.25, 0.3) is 0 Å². The summed E-state index contributed by atoms with van der Waals surface area (Å²) >= 11 is 0. The molecule has 90 valence electrons. The van der Waals surface area contributed by atoms with Crippen LogP contribution >= 0.6 is 0 Å². The molecule has 0 bridgehead atoms. The molecule has 0 spiro atoms. The van der Waals surface area contributed by atoms with Gasteiger partial charge in [-0.3, -0.25) is 0 Å². The summed E-state index contributed by atoms with van der Waals surface area (Å²) in [7, 11) is 1.55. The number of rotatable bonds is 4. The highest BCUT2D eigenvalue weighted by Gasteiger charge is 2.11. The standard InChI is InChI=1S/C11H16F2N2O/c1-7(14)9-4-3-8(5-10(9)16)15(2)6-11(12)13/h3-5,7,11,16H,6,14H2,1-2H3. The maximum atomic E-state index is 12.2. The quantitative estimate of drug-likeness (QED) is 0.833. The molecule has 0 radical (unpaired) electrons. The van der Waals surface area contributed by atoms with Crippen molar-refractivity contribution in [2.24, 2.45) is 5.73 Å². The molecule has 3 nitrogen and oxygen atoms in total. The van der Waals surface area contributed by atoms with Gasteiger partial charge in [-0.15, -0.1) is 0 Å². The second-order valence-electron chi connectivity index (χ2n) is 3.80. The Bertz CT molecular complexity index is 356. The van der Waals surface area contributed by atoms with Gasteiger partial charge in [-0.25, -0.2) is 8.78 Å². The molecule has 1 aromatic rings. The van der Waals surface area contributed by atoms with Gasteiger partial charge in [0.1, 0.15) is 5.75 Å². The highest BCUT2D eigenvalue weighted by molar-refractivity contribution is 5.53. The van der Waals surface area contributed by atoms with Gasteiger partial charge in [-0.05, 0) is 13.0 Å². The van der Waals surface area contributed by atoms with E-state index in [1.807, 2.05) is 0 Å². The van der Waals surface area contributed by atoms with E-state index >= 15 is 0 Å². The molecule has 0 amide bonds. The lowest BCUT2D eigenvalue weighted by Crippen LogP contribution is -2.24. The van der Waals surface area contributed by atoms with Crippen LogP contribution in [0.2, 0.25) is 0 Å². The fraction of sp³-hybridized carbons (Fsp3) is 0.455. The van der Waals surface area contributed by atoms with Crippen LogP contribution in [0, 0.1) is 0 Å². The van der Waals surface area contributed by atoms with E-state index in [2.05, 4.69) is 0 Å². The van der Waals surface area contributed by atoms with Gasteiger partial charge in [-0.2, -0.15) is 0 Å². The predicted molar refractivity (Wildman–Crippen MR) is 60.0 cm³/mol. The third-order valence-electron chi connectivity index (χ3n) is 2.36. The molecule has 1 aromatic carbocycles. The fourth-order valence-electron chi connectivity index (χ4n) is 1.47. The SMILES string of the molecule is CC(N)c1ccc(N(C)CC(F)F)cc1O. The van der Waals surface area contributed by atoms with E-state index in [9.17, 15) is 13.9 Å². The average Bonchev–Trinajstić information content (AvgIpc) is 2.15. The van der Waals surface area contributed by atoms with Crippen LogP contribution in [0.4, 0.5) is 14.5 Å². The molecule has 3 N–H and O–H groups in total. The van der Waals surface area contributed by atoms with E-state index in [4.69, 9.17) is 5.73 Å². The molecule has 0 aliphatic heterocycles. The van der Waals surface area contributed by atoms with Crippen LogP contribution in [0.3, 0.4) is 0 Å². The second kappa shape index (κ2) is 5.12. The fourth-order valence-corrected chi connectivity index (χ4v) is 1.47. The molecule has 0 heterocycles. The van der Waals surface area contributed by atoms with Crippen LogP contribution in [0.15, 0.2) is 18.2 Å². The number of anilines is 1. The van der Waals surface area contributed by atoms with Crippen molar-refractivity contribution < 1.29 is 13.9 Å². The number of benzene rings is 1. The van der Waals surface area contributed by atoms with Crippen LogP contribution in [-0.2, 0) is 0 Å². The number of hydrogen-bond acceptors (Lipinski definition) is 3. The van der Waals surface area contributed by atoms with Gasteiger partial charge in [0, 0.05) is 30.4 Å². The molecule has 0 aliphatic rings. The topological polar surface area (TPSA) is 49.5 Å². The number of aromatic hydroxyl groups is 1. The molecule has 1 unspecified atom stereocenters. The monoisotopic (exact) mass is 230 g/mol. The molecular formula is C11H16F2N2O. The molecule has 0 aliphatic carbocycles. The van der Waals surface area contributed by atoms with Gasteiger partial charge in [-0.1, -0.05) is 6.07 Å². The maximum Gasteiger partial charge on any atom is 0.255 e. The normalized spacial score (nSPS) is 12.9. The summed E-state index contributed by atoms with van der Waals surface area (Å²) in [6.45, 7) is 1.38. The third kappa shape index (κ3) is 3.06. The van der Waals surface area contributed by atoms with E-state index in [0.717, 1.165) is 0 Å². The van der Waals surface area contributed by atoms with Gasteiger partial charge in [0.25, 0.3) is 6.43 Å². The Morgan fingerprint density at radius 2 is 2.06 bits per heavy atom. The summed E-state index contributed by atoms with van der Waals surface area (Å²) in [5.41, 5.74) is 6.78. The molecule has 0 aromatic heterocycles. The third-order valence-corrected chi connectivity index (χ3v) is 2.36. The van der Waals surface area contributed by atoms with E-state index in [-0.39, 0.29) is 18.3 Å². The number of nitrogens with two attached hydrogens (primary N) is 1. The number of nitrogens with zero attached hydrogens (tertiary/aromatic N) is 1. The Hall–Kier alpha value is -1.36. The zero-order valence-corrected chi connectivity index (χ0v) is 9.32. The Balaban J connectivity index is 2.88. The summed E-state index contributed by atoms with van der Waals surface area (Å²) in [6, 6.07) is 4.48. The Morgan fingerprint density at radius 3 is 2.50 bits per heavy atom. The highest BCUT2D eigenvalue weighted by atomic mass is 19.3. The zero-order valence-electron chi connectivity index (χ0n) is 9.32. The molecular weight excluding hydrogens is 214 g/mol. The first-order chi connectivity index (χ1) is 7.41. The van der Waals surface area contributed by atoms with Crippen molar-refractivity contribution in [2.75, 3.05) is 18.5 Å². The second-order valence-corrected chi connectivity index (χ2v) is 3.80. The van der Waals surface area contributed by atoms with Gasteiger partial charge < -0.3 is 15.7 Å². The maximum absolute atomic E-state index is 12.2. The minimum Gasteiger partial charge on any atom is -0.508 e. The van der Waals surface area contributed by atoms with Crippen molar-refractivity contribution in [3.05, 3.63) is 23.8 Å². The smallest absolute Gasteiger partial charge is 0.255 e. The molecule has 1 rings (SSSR count). The summed E-state index contributed by atoms with van der Waals surface area (Å²) in [6.07, 6.45) is -2.40. The Kier molecular flexibility index (Phi) is 4.06. The predicted octanol–water partition coefficient (Wildman–Crippen LogP) is 2.11. The first-order valence-electron chi connectivity index (χ1n) is 4.99. The number of hydrogen-bond donors (Lipinski definition) is 2. The minimum atomic E-state index is -2.40. The van der Waals surface area contributed by atoms with Crippen molar-refractivity contribution in [3.63, 3.8) is 0 Å². The van der Waals surface area contributed by atoms with Gasteiger partial charge in [0.2, 0.25) is 0 Å². The van der Waals surface area contributed by atoms with E-state index in [1.165, 1.54) is 11.0 Å². The summed E-state index contributed by atoms with van der Waals surface area (Å²) in [5.74, 6) is 0.0358. The van der Waals surface area contributed by atoms with Crippen molar-refractivity contribution in [3.8, 4) is 5.75 Å². The lowest BCUT2D eigenvalue weighted by molar-refractivity contribution is 0.156. The Morgan fingerprint density at radius 1 is 1.44 bits per heavy atom. The van der Waals surface area contributed by atoms with Gasteiger partial charge in [0.15, 0.2) is 0 Å². The molecule has 5 heteroatoms. The Labute approximate surface area is 93.5 Å². The van der Waals surface area contributed by atoms with E-state index < -0.39 is 6.43 Å². The molecule has 0 saturated carbocycles. The summed E-state index contributed by atoms with van der Waals surface area (Å²) in [5, 5.41) is 9.65. The van der Waals surface area contributed by atoms with Gasteiger partial charge in [0.05, 0.1) is 6.54 Å². The summed E-state index contributed by atoms with van der Waals surface area (Å²) < 4.78 is 24.3. The number of phenols is 1.